The van der Waals surface area contributed by atoms with Gasteiger partial charge in [-0.15, -0.1) is 0 Å². The molecule has 0 spiro atoms. The molecule has 0 radical (unpaired) electrons. The topological polar surface area (TPSA) is 74.2 Å². The number of amides is 2. The van der Waals surface area contributed by atoms with Gasteiger partial charge >= 0.3 is 6.03 Å². The number of hydrogen-bond donors (Lipinski definition) is 1. The molecule has 2 aromatic heterocycles. The highest BCUT2D eigenvalue weighted by atomic mass is 35.5. The predicted octanol–water partition coefficient (Wildman–Crippen LogP) is 2.31. The van der Waals surface area contributed by atoms with E-state index in [4.69, 9.17) is 11.6 Å². The number of nitrogens with zero attached hydrogens (tertiary/aromatic N) is 5. The molecule has 23 heavy (non-hydrogen) atoms. The van der Waals surface area contributed by atoms with E-state index >= 15 is 0 Å². The highest BCUT2D eigenvalue weighted by Crippen LogP contribution is 2.21. The fourth-order valence-electron chi connectivity index (χ4n) is 2.43. The zero-order valence-corrected chi connectivity index (χ0v) is 13.7. The first-order valence-electron chi connectivity index (χ1n) is 7.21. The molecule has 3 heterocycles. The number of carbonyl (C=O) groups is 1. The minimum absolute atomic E-state index is 0.00264. The molecule has 1 aliphatic heterocycles. The Balaban J connectivity index is 1.75. The van der Waals surface area contributed by atoms with Gasteiger partial charge in [0, 0.05) is 45.0 Å². The molecule has 3 rings (SSSR count). The predicted molar refractivity (Wildman–Crippen MR) is 87.8 cm³/mol. The Morgan fingerprint density at radius 3 is 2.91 bits per heavy atom. The van der Waals surface area contributed by atoms with Crippen LogP contribution in [0.25, 0.3) is 0 Å². The molecule has 0 saturated carbocycles. The van der Waals surface area contributed by atoms with E-state index in [0.29, 0.717) is 30.5 Å². The monoisotopic (exact) mass is 332 g/mol. The van der Waals surface area contributed by atoms with Crippen LogP contribution in [-0.4, -0.2) is 51.4 Å². The number of aromatic nitrogens is 3. The van der Waals surface area contributed by atoms with Gasteiger partial charge < -0.3 is 15.1 Å². The van der Waals surface area contributed by atoms with Gasteiger partial charge in [0.15, 0.2) is 0 Å². The Kier molecular flexibility index (Phi) is 4.29. The van der Waals surface area contributed by atoms with Gasteiger partial charge in [0.05, 0.1) is 29.1 Å². The average molecular weight is 333 g/mol. The highest BCUT2D eigenvalue weighted by Gasteiger charge is 2.23. The number of hydrogen-bond acceptors (Lipinski definition) is 5. The molecular formula is C15H17ClN6O. The third-order valence-electron chi connectivity index (χ3n) is 3.55. The second kappa shape index (κ2) is 6.37. The summed E-state index contributed by atoms with van der Waals surface area (Å²) >= 11 is 5.91. The number of nitrogens with one attached hydrogen (secondary N) is 1. The van der Waals surface area contributed by atoms with E-state index in [1.165, 1.54) is 0 Å². The van der Waals surface area contributed by atoms with Gasteiger partial charge in [-0.3, -0.25) is 4.98 Å². The van der Waals surface area contributed by atoms with E-state index < -0.39 is 0 Å². The van der Waals surface area contributed by atoms with Crippen molar-refractivity contribution in [3.8, 4) is 0 Å². The Morgan fingerprint density at radius 1 is 1.35 bits per heavy atom. The van der Waals surface area contributed by atoms with Gasteiger partial charge in [-0.25, -0.2) is 14.8 Å². The smallest absolute Gasteiger partial charge is 0.319 e. The van der Waals surface area contributed by atoms with Crippen molar-refractivity contribution in [3.05, 3.63) is 40.9 Å². The van der Waals surface area contributed by atoms with E-state index in [0.717, 1.165) is 16.9 Å². The van der Waals surface area contributed by atoms with Crippen molar-refractivity contribution in [1.82, 2.24) is 24.8 Å². The van der Waals surface area contributed by atoms with Crippen LogP contribution in [-0.2, 0) is 13.0 Å². The SMILES string of the molecule is CN(C)C(=O)N1CCc2nc(Nc3cncc(Cl)c3)ncc2C1. The fraction of sp³-hybridized carbons (Fsp3) is 0.333. The van der Waals surface area contributed by atoms with Crippen molar-refractivity contribution in [2.24, 2.45) is 0 Å². The maximum Gasteiger partial charge on any atom is 0.319 e. The zero-order valence-electron chi connectivity index (χ0n) is 13.0. The van der Waals surface area contributed by atoms with Crippen molar-refractivity contribution in [1.29, 1.82) is 0 Å². The maximum atomic E-state index is 12.0. The van der Waals surface area contributed by atoms with Gasteiger partial charge in [-0.1, -0.05) is 11.6 Å². The van der Waals surface area contributed by atoms with Gasteiger partial charge in [-0.2, -0.15) is 0 Å². The van der Waals surface area contributed by atoms with E-state index in [-0.39, 0.29) is 6.03 Å². The molecule has 0 aromatic carbocycles. The highest BCUT2D eigenvalue weighted by molar-refractivity contribution is 6.30. The van der Waals surface area contributed by atoms with Crippen molar-refractivity contribution < 1.29 is 4.79 Å². The first-order valence-corrected chi connectivity index (χ1v) is 7.59. The summed E-state index contributed by atoms with van der Waals surface area (Å²) in [6, 6.07) is 1.76. The molecule has 0 atom stereocenters. The van der Waals surface area contributed by atoms with Crippen LogP contribution in [0.1, 0.15) is 11.3 Å². The van der Waals surface area contributed by atoms with E-state index in [2.05, 4.69) is 20.3 Å². The van der Waals surface area contributed by atoms with E-state index in [1.807, 2.05) is 0 Å². The first-order chi connectivity index (χ1) is 11.0. The lowest BCUT2D eigenvalue weighted by atomic mass is 10.1. The summed E-state index contributed by atoms with van der Waals surface area (Å²) in [4.78, 5) is 28.3. The number of halogens is 1. The molecule has 2 amide bonds. The van der Waals surface area contributed by atoms with Gasteiger partial charge in [0.1, 0.15) is 0 Å². The molecule has 0 aliphatic carbocycles. The molecule has 0 saturated heterocycles. The van der Waals surface area contributed by atoms with Crippen molar-refractivity contribution in [3.63, 3.8) is 0 Å². The third-order valence-corrected chi connectivity index (χ3v) is 3.75. The van der Waals surface area contributed by atoms with Crippen molar-refractivity contribution in [2.45, 2.75) is 13.0 Å². The van der Waals surface area contributed by atoms with Gasteiger partial charge in [-0.05, 0) is 6.07 Å². The van der Waals surface area contributed by atoms with Gasteiger partial charge in [0.2, 0.25) is 5.95 Å². The largest absolute Gasteiger partial charge is 0.331 e. The minimum atomic E-state index is 0.00264. The number of carbonyl (C=O) groups excluding carboxylic acids is 1. The molecule has 120 valence electrons. The summed E-state index contributed by atoms with van der Waals surface area (Å²) in [5.74, 6) is 0.500. The molecule has 0 unspecified atom stereocenters. The summed E-state index contributed by atoms with van der Waals surface area (Å²) in [5.41, 5.74) is 2.67. The van der Waals surface area contributed by atoms with Gasteiger partial charge in [0.25, 0.3) is 0 Å². The Morgan fingerprint density at radius 2 is 2.17 bits per heavy atom. The Labute approximate surface area is 139 Å². The third kappa shape index (κ3) is 3.50. The molecule has 2 aromatic rings. The lowest BCUT2D eigenvalue weighted by molar-refractivity contribution is 0.165. The normalized spacial score (nSPS) is 13.4. The van der Waals surface area contributed by atoms with Crippen LogP contribution in [0.2, 0.25) is 5.02 Å². The molecule has 1 aliphatic rings. The van der Waals surface area contributed by atoms with E-state index in [1.54, 1.807) is 48.6 Å². The molecule has 1 N–H and O–H groups in total. The number of pyridine rings is 1. The summed E-state index contributed by atoms with van der Waals surface area (Å²) in [6.45, 7) is 1.19. The van der Waals surface area contributed by atoms with Crippen molar-refractivity contribution in [2.75, 3.05) is 26.0 Å². The summed E-state index contributed by atoms with van der Waals surface area (Å²) < 4.78 is 0. The minimum Gasteiger partial charge on any atom is -0.331 e. The van der Waals surface area contributed by atoms with E-state index in [9.17, 15) is 4.79 Å². The lowest BCUT2D eigenvalue weighted by Crippen LogP contribution is -2.42. The average Bonchev–Trinajstić information content (AvgIpc) is 2.53. The number of fused-ring (bicyclic) bond motifs is 1. The number of anilines is 2. The van der Waals surface area contributed by atoms with Crippen LogP contribution in [0.4, 0.5) is 16.4 Å². The second-order valence-electron chi connectivity index (χ2n) is 5.53. The van der Waals surface area contributed by atoms with Crippen LogP contribution in [0, 0.1) is 0 Å². The van der Waals surface area contributed by atoms with Crippen LogP contribution < -0.4 is 5.32 Å². The van der Waals surface area contributed by atoms with Crippen LogP contribution in [0.5, 0.6) is 0 Å². The summed E-state index contributed by atoms with van der Waals surface area (Å²) in [6.07, 6.45) is 5.70. The number of urea groups is 1. The second-order valence-corrected chi connectivity index (χ2v) is 5.97. The van der Waals surface area contributed by atoms with Crippen LogP contribution in [0.3, 0.4) is 0 Å². The zero-order chi connectivity index (χ0) is 16.4. The Hall–Kier alpha value is -2.41. The molecular weight excluding hydrogens is 316 g/mol. The molecule has 8 heteroatoms. The molecule has 0 bridgehead atoms. The first kappa shape index (κ1) is 15.5. The quantitative estimate of drug-likeness (QED) is 0.913. The van der Waals surface area contributed by atoms with Crippen molar-refractivity contribution >= 4 is 29.3 Å². The summed E-state index contributed by atoms with van der Waals surface area (Å²) in [7, 11) is 3.50. The standard InChI is InChI=1S/C15H17ClN6O/c1-21(2)15(23)22-4-3-13-10(9-22)6-18-14(20-13)19-12-5-11(16)7-17-8-12/h5-8H,3-4,9H2,1-2H3,(H,18,19,20). The number of rotatable bonds is 2. The molecule has 0 fully saturated rings. The molecule has 7 nitrogen and oxygen atoms in total. The van der Waals surface area contributed by atoms with Crippen LogP contribution >= 0.6 is 11.6 Å². The van der Waals surface area contributed by atoms with Crippen LogP contribution in [0.15, 0.2) is 24.7 Å². The maximum absolute atomic E-state index is 12.0. The lowest BCUT2D eigenvalue weighted by Gasteiger charge is -2.30. The fourth-order valence-corrected chi connectivity index (χ4v) is 2.61. The Bertz CT molecular complexity index is 736. The summed E-state index contributed by atoms with van der Waals surface area (Å²) in [5, 5.41) is 3.64.